The number of carboxylic acids is 1. The van der Waals surface area contributed by atoms with Gasteiger partial charge in [0.25, 0.3) is 5.69 Å². The molecule has 1 aliphatic heterocycles. The van der Waals surface area contributed by atoms with Gasteiger partial charge in [0.15, 0.2) is 5.60 Å². The fourth-order valence-electron chi connectivity index (χ4n) is 2.75. The standard InChI is InChI=1S/C17H12Cl2N2O5/c1-17(10-5-11(18)7-12(19)6-10)8-14(20-26-17)9-2-3-13(16(22)23)15(4-9)21(24)25/h2-7H,8H2,1H3,(H,22,23). The van der Waals surface area contributed by atoms with Crippen LogP contribution in [0.4, 0.5) is 5.69 Å². The average molecular weight is 395 g/mol. The summed E-state index contributed by atoms with van der Waals surface area (Å²) >= 11 is 12.1. The van der Waals surface area contributed by atoms with Gasteiger partial charge in [-0.15, -0.1) is 0 Å². The zero-order chi connectivity index (χ0) is 19.1. The van der Waals surface area contributed by atoms with E-state index in [1.54, 1.807) is 25.1 Å². The van der Waals surface area contributed by atoms with Gasteiger partial charge >= 0.3 is 5.97 Å². The van der Waals surface area contributed by atoms with E-state index in [-0.39, 0.29) is 5.56 Å². The number of halogens is 2. The molecule has 2 aromatic carbocycles. The van der Waals surface area contributed by atoms with Crippen molar-refractivity contribution in [2.45, 2.75) is 18.9 Å². The number of carboxylic acid groups (broad SMARTS) is 1. The molecule has 1 unspecified atom stereocenters. The van der Waals surface area contributed by atoms with Crippen LogP contribution in [0.1, 0.15) is 34.8 Å². The summed E-state index contributed by atoms with van der Waals surface area (Å²) in [6.45, 7) is 1.80. The van der Waals surface area contributed by atoms with Crippen molar-refractivity contribution >= 4 is 40.6 Å². The van der Waals surface area contributed by atoms with E-state index in [4.69, 9.17) is 33.1 Å². The van der Waals surface area contributed by atoms with E-state index in [0.29, 0.717) is 33.3 Å². The number of nitro benzene ring substituents is 1. The molecule has 0 saturated carbocycles. The predicted octanol–water partition coefficient (Wildman–Crippen LogP) is 4.64. The molecule has 0 amide bonds. The summed E-state index contributed by atoms with van der Waals surface area (Å²) < 4.78 is 0. The Balaban J connectivity index is 1.94. The van der Waals surface area contributed by atoms with Crippen LogP contribution in [-0.4, -0.2) is 21.7 Å². The zero-order valence-electron chi connectivity index (χ0n) is 13.4. The van der Waals surface area contributed by atoms with Crippen LogP contribution in [0, 0.1) is 10.1 Å². The van der Waals surface area contributed by atoms with Crippen LogP contribution >= 0.6 is 23.2 Å². The minimum atomic E-state index is -1.37. The molecule has 0 radical (unpaired) electrons. The number of benzene rings is 2. The molecule has 1 atom stereocenters. The first-order chi connectivity index (χ1) is 12.2. The summed E-state index contributed by atoms with van der Waals surface area (Å²) in [7, 11) is 0. The Morgan fingerprint density at radius 1 is 1.27 bits per heavy atom. The SMILES string of the molecule is CC1(c2cc(Cl)cc(Cl)c2)CC(c2ccc(C(=O)O)c([N+](=O)[O-])c2)=NO1. The Morgan fingerprint density at radius 2 is 1.92 bits per heavy atom. The molecule has 1 aliphatic rings. The van der Waals surface area contributed by atoms with Crippen LogP contribution in [0.25, 0.3) is 0 Å². The second-order valence-electron chi connectivity index (χ2n) is 5.99. The number of aromatic carboxylic acids is 1. The molecule has 134 valence electrons. The van der Waals surface area contributed by atoms with E-state index in [9.17, 15) is 14.9 Å². The Bertz CT molecular complexity index is 940. The molecule has 9 heteroatoms. The number of hydrogen-bond acceptors (Lipinski definition) is 5. The van der Waals surface area contributed by atoms with E-state index in [1.165, 1.54) is 18.2 Å². The molecule has 26 heavy (non-hydrogen) atoms. The van der Waals surface area contributed by atoms with Crippen molar-refractivity contribution in [2.75, 3.05) is 0 Å². The van der Waals surface area contributed by atoms with Crippen LogP contribution in [-0.2, 0) is 10.4 Å². The minimum absolute atomic E-state index is 0.313. The molecule has 1 N–H and O–H groups in total. The number of hydrogen-bond donors (Lipinski definition) is 1. The van der Waals surface area contributed by atoms with Gasteiger partial charge in [-0.1, -0.05) is 34.4 Å². The van der Waals surface area contributed by atoms with E-state index in [2.05, 4.69) is 5.16 Å². The lowest BCUT2D eigenvalue weighted by Crippen LogP contribution is -2.22. The number of oxime groups is 1. The van der Waals surface area contributed by atoms with Crippen molar-refractivity contribution in [3.63, 3.8) is 0 Å². The number of carbonyl (C=O) groups is 1. The van der Waals surface area contributed by atoms with Gasteiger partial charge in [-0.05, 0) is 31.2 Å². The highest BCUT2D eigenvalue weighted by atomic mass is 35.5. The van der Waals surface area contributed by atoms with Gasteiger partial charge in [0.05, 0.1) is 10.6 Å². The molecule has 2 aromatic rings. The van der Waals surface area contributed by atoms with E-state index < -0.39 is 22.2 Å². The number of nitro groups is 1. The lowest BCUT2D eigenvalue weighted by Gasteiger charge is -2.22. The normalized spacial score (nSPS) is 19.0. The molecular weight excluding hydrogens is 383 g/mol. The summed E-state index contributed by atoms with van der Waals surface area (Å²) in [4.78, 5) is 27.1. The number of nitrogens with zero attached hydrogens (tertiary/aromatic N) is 2. The summed E-state index contributed by atoms with van der Waals surface area (Å²) in [5.74, 6) is -1.37. The van der Waals surface area contributed by atoms with Crippen molar-refractivity contribution in [1.29, 1.82) is 0 Å². The molecule has 0 aromatic heterocycles. The Hall–Kier alpha value is -2.64. The molecule has 7 nitrogen and oxygen atoms in total. The topological polar surface area (TPSA) is 102 Å². The molecule has 3 rings (SSSR count). The maximum atomic E-state index is 11.2. The Labute approximate surface area is 157 Å². The number of rotatable bonds is 4. The molecule has 1 heterocycles. The summed E-state index contributed by atoms with van der Waals surface area (Å²) in [5, 5.41) is 25.2. The third-order valence-corrected chi connectivity index (χ3v) is 4.53. The smallest absolute Gasteiger partial charge is 0.342 e. The van der Waals surface area contributed by atoms with Crippen LogP contribution < -0.4 is 0 Å². The van der Waals surface area contributed by atoms with Crippen molar-refractivity contribution in [3.05, 3.63) is 73.2 Å². The molecule has 0 aliphatic carbocycles. The molecule has 0 bridgehead atoms. The van der Waals surface area contributed by atoms with Gasteiger partial charge in [0.2, 0.25) is 0 Å². The van der Waals surface area contributed by atoms with E-state index in [1.807, 2.05) is 0 Å². The van der Waals surface area contributed by atoms with Gasteiger partial charge in [-0.2, -0.15) is 0 Å². The van der Waals surface area contributed by atoms with Crippen LogP contribution in [0.2, 0.25) is 10.0 Å². The molecule has 0 saturated heterocycles. The Kier molecular flexibility index (Phi) is 4.60. The summed E-state index contributed by atoms with van der Waals surface area (Å²) in [5.41, 5.74) is -0.142. The molecular formula is C17H12Cl2N2O5. The lowest BCUT2D eigenvalue weighted by atomic mass is 9.89. The third-order valence-electron chi connectivity index (χ3n) is 4.09. The van der Waals surface area contributed by atoms with Crippen molar-refractivity contribution < 1.29 is 19.7 Å². The van der Waals surface area contributed by atoms with Crippen molar-refractivity contribution in [1.82, 2.24) is 0 Å². The highest BCUT2D eigenvalue weighted by molar-refractivity contribution is 6.34. The molecule has 0 fully saturated rings. The van der Waals surface area contributed by atoms with Crippen molar-refractivity contribution in [2.24, 2.45) is 5.16 Å². The first-order valence-corrected chi connectivity index (χ1v) is 8.19. The second-order valence-corrected chi connectivity index (χ2v) is 6.86. The quantitative estimate of drug-likeness (QED) is 0.600. The summed E-state index contributed by atoms with van der Waals surface area (Å²) in [6.07, 6.45) is 0.313. The highest BCUT2D eigenvalue weighted by Gasteiger charge is 2.37. The van der Waals surface area contributed by atoms with Gasteiger partial charge in [-0.3, -0.25) is 10.1 Å². The maximum absolute atomic E-state index is 11.2. The first kappa shape index (κ1) is 18.2. The first-order valence-electron chi connectivity index (χ1n) is 7.43. The van der Waals surface area contributed by atoms with Gasteiger partial charge in [-0.25, -0.2) is 4.79 Å². The van der Waals surface area contributed by atoms with Crippen LogP contribution in [0.5, 0.6) is 0 Å². The fourth-order valence-corrected chi connectivity index (χ4v) is 3.28. The van der Waals surface area contributed by atoms with Crippen LogP contribution in [0.3, 0.4) is 0 Å². The van der Waals surface area contributed by atoms with Gasteiger partial charge in [0, 0.05) is 33.7 Å². The third kappa shape index (κ3) is 3.36. The predicted molar refractivity (Wildman–Crippen MR) is 96.1 cm³/mol. The lowest BCUT2D eigenvalue weighted by molar-refractivity contribution is -0.385. The van der Waals surface area contributed by atoms with Gasteiger partial charge < -0.3 is 9.94 Å². The Morgan fingerprint density at radius 3 is 2.50 bits per heavy atom. The molecule has 0 spiro atoms. The minimum Gasteiger partial charge on any atom is -0.477 e. The summed E-state index contributed by atoms with van der Waals surface area (Å²) in [6, 6.07) is 8.85. The van der Waals surface area contributed by atoms with Crippen molar-refractivity contribution in [3.8, 4) is 0 Å². The van der Waals surface area contributed by atoms with Gasteiger partial charge in [0.1, 0.15) is 5.56 Å². The highest BCUT2D eigenvalue weighted by Crippen LogP contribution is 2.38. The zero-order valence-corrected chi connectivity index (χ0v) is 14.9. The van der Waals surface area contributed by atoms with E-state index >= 15 is 0 Å². The monoisotopic (exact) mass is 394 g/mol. The van der Waals surface area contributed by atoms with Crippen LogP contribution in [0.15, 0.2) is 41.6 Å². The maximum Gasteiger partial charge on any atom is 0.342 e. The fraction of sp³-hybridized carbons (Fsp3) is 0.176. The second kappa shape index (κ2) is 6.59. The largest absolute Gasteiger partial charge is 0.477 e. The van der Waals surface area contributed by atoms with E-state index in [0.717, 1.165) is 0 Å². The average Bonchev–Trinajstić information content (AvgIpc) is 2.97.